The van der Waals surface area contributed by atoms with Gasteiger partial charge in [-0.05, 0) is 0 Å². The first kappa shape index (κ1) is 6.07. The Balaban J connectivity index is 2.54. The van der Waals surface area contributed by atoms with Crippen molar-refractivity contribution in [2.75, 3.05) is 0 Å². The lowest BCUT2D eigenvalue weighted by atomic mass is 10.4. The van der Waals surface area contributed by atoms with Crippen molar-refractivity contribution < 1.29 is 14.3 Å². The van der Waals surface area contributed by atoms with E-state index in [2.05, 4.69) is 10.1 Å². The van der Waals surface area contributed by atoms with E-state index in [0.717, 1.165) is 0 Å². The average Bonchev–Trinajstić information content (AvgIpc) is 2.13. The molecule has 1 aliphatic heterocycles. The standard InChI is InChI=1S/C5H6NO3/c1-2-3-6-4(7)5(8)9-3/h2-3H,1H3,(H,6,7). The van der Waals surface area contributed by atoms with E-state index >= 15 is 0 Å². The fourth-order valence-corrected chi connectivity index (χ4v) is 0.538. The van der Waals surface area contributed by atoms with E-state index in [1.54, 1.807) is 13.3 Å². The molecule has 0 aromatic carbocycles. The Morgan fingerprint density at radius 2 is 2.33 bits per heavy atom. The minimum absolute atomic E-state index is 0.523. The topological polar surface area (TPSA) is 55.4 Å². The number of cyclic esters (lactones) is 1. The highest BCUT2D eigenvalue weighted by atomic mass is 16.6. The largest absolute Gasteiger partial charge is 0.434 e. The summed E-state index contributed by atoms with van der Waals surface area (Å²) in [5.41, 5.74) is 0. The number of rotatable bonds is 1. The summed E-state index contributed by atoms with van der Waals surface area (Å²) in [6.45, 7) is 1.70. The van der Waals surface area contributed by atoms with Crippen LogP contribution in [0.2, 0.25) is 0 Å². The molecule has 1 heterocycles. The van der Waals surface area contributed by atoms with Crippen LogP contribution in [0.5, 0.6) is 0 Å². The summed E-state index contributed by atoms with van der Waals surface area (Å²) in [5.74, 6) is -1.48. The SMILES string of the molecule is C[CH]C1NC(=O)C(=O)O1. The molecule has 1 fully saturated rings. The first-order chi connectivity index (χ1) is 4.24. The number of hydrogen-bond donors (Lipinski definition) is 1. The van der Waals surface area contributed by atoms with Gasteiger partial charge in [-0.25, -0.2) is 4.79 Å². The normalized spacial score (nSPS) is 25.7. The molecule has 1 saturated heterocycles. The van der Waals surface area contributed by atoms with E-state index in [9.17, 15) is 9.59 Å². The van der Waals surface area contributed by atoms with Crippen LogP contribution >= 0.6 is 0 Å². The van der Waals surface area contributed by atoms with Crippen molar-refractivity contribution in [3.05, 3.63) is 6.42 Å². The summed E-state index contributed by atoms with van der Waals surface area (Å²) < 4.78 is 4.47. The minimum atomic E-state index is -0.807. The number of carbonyl (C=O) groups excluding carboxylic acids is 2. The lowest BCUT2D eigenvalue weighted by molar-refractivity contribution is -0.148. The lowest BCUT2D eigenvalue weighted by Gasteiger charge is -2.01. The molecule has 1 radical (unpaired) electrons. The van der Waals surface area contributed by atoms with Crippen molar-refractivity contribution in [3.63, 3.8) is 0 Å². The number of carbonyl (C=O) groups is 2. The van der Waals surface area contributed by atoms with E-state index in [4.69, 9.17) is 0 Å². The van der Waals surface area contributed by atoms with Crippen LogP contribution in [0, 0.1) is 6.42 Å². The molecule has 4 nitrogen and oxygen atoms in total. The average molecular weight is 128 g/mol. The maximum atomic E-state index is 10.3. The van der Waals surface area contributed by atoms with Crippen LogP contribution in [-0.2, 0) is 14.3 Å². The third-order valence-electron chi connectivity index (χ3n) is 0.996. The second kappa shape index (κ2) is 2.05. The van der Waals surface area contributed by atoms with Gasteiger partial charge >= 0.3 is 11.9 Å². The Kier molecular flexibility index (Phi) is 1.38. The fraction of sp³-hybridized carbons (Fsp3) is 0.400. The van der Waals surface area contributed by atoms with Gasteiger partial charge in [0.05, 0.1) is 0 Å². The Labute approximate surface area is 52.2 Å². The van der Waals surface area contributed by atoms with Crippen molar-refractivity contribution in [1.82, 2.24) is 5.32 Å². The van der Waals surface area contributed by atoms with Gasteiger partial charge in [-0.3, -0.25) is 4.79 Å². The molecular formula is C5H6NO3. The highest BCUT2D eigenvalue weighted by molar-refractivity contribution is 6.34. The number of nitrogens with one attached hydrogen (secondary N) is 1. The zero-order valence-corrected chi connectivity index (χ0v) is 4.88. The zero-order chi connectivity index (χ0) is 6.85. The highest BCUT2D eigenvalue weighted by Gasteiger charge is 2.29. The molecule has 0 aromatic rings. The van der Waals surface area contributed by atoms with Gasteiger partial charge in [-0.15, -0.1) is 0 Å². The second-order valence-corrected chi connectivity index (χ2v) is 1.63. The Bertz CT molecular complexity index is 138. The molecule has 9 heavy (non-hydrogen) atoms. The number of esters is 1. The van der Waals surface area contributed by atoms with Crippen LogP contribution in [0.3, 0.4) is 0 Å². The molecule has 49 valence electrons. The van der Waals surface area contributed by atoms with Gasteiger partial charge in [0.1, 0.15) is 0 Å². The van der Waals surface area contributed by atoms with E-state index < -0.39 is 18.1 Å². The molecule has 1 rings (SSSR count). The molecule has 0 spiro atoms. The van der Waals surface area contributed by atoms with Gasteiger partial charge < -0.3 is 10.1 Å². The summed E-state index contributed by atoms with van der Waals surface area (Å²) in [6.07, 6.45) is 1.06. The van der Waals surface area contributed by atoms with Crippen LogP contribution in [-0.4, -0.2) is 18.1 Å². The van der Waals surface area contributed by atoms with Gasteiger partial charge in [-0.2, -0.15) is 0 Å². The van der Waals surface area contributed by atoms with Crippen molar-refractivity contribution in [2.24, 2.45) is 0 Å². The van der Waals surface area contributed by atoms with Crippen molar-refractivity contribution >= 4 is 11.9 Å². The van der Waals surface area contributed by atoms with E-state index in [-0.39, 0.29) is 0 Å². The first-order valence-electron chi connectivity index (χ1n) is 2.55. The van der Waals surface area contributed by atoms with Crippen LogP contribution in [0.15, 0.2) is 0 Å². The zero-order valence-electron chi connectivity index (χ0n) is 4.88. The van der Waals surface area contributed by atoms with Gasteiger partial charge in [0.2, 0.25) is 0 Å². The smallest absolute Gasteiger partial charge is 0.398 e. The summed E-state index contributed by atoms with van der Waals surface area (Å²) in [7, 11) is 0. The second-order valence-electron chi connectivity index (χ2n) is 1.63. The van der Waals surface area contributed by atoms with Crippen molar-refractivity contribution in [2.45, 2.75) is 13.2 Å². The molecule has 0 bridgehead atoms. The number of ether oxygens (including phenoxy) is 1. The van der Waals surface area contributed by atoms with E-state index in [0.29, 0.717) is 0 Å². The quantitative estimate of drug-likeness (QED) is 0.372. The van der Waals surface area contributed by atoms with Crippen LogP contribution in [0.1, 0.15) is 6.92 Å². The van der Waals surface area contributed by atoms with Crippen molar-refractivity contribution in [1.29, 1.82) is 0 Å². The van der Waals surface area contributed by atoms with E-state index in [1.807, 2.05) is 0 Å². The summed E-state index contributed by atoms with van der Waals surface area (Å²) in [6, 6.07) is 0. The summed E-state index contributed by atoms with van der Waals surface area (Å²) >= 11 is 0. The molecule has 1 aliphatic rings. The maximum absolute atomic E-state index is 10.3. The first-order valence-corrected chi connectivity index (χ1v) is 2.55. The fourth-order valence-electron chi connectivity index (χ4n) is 0.538. The van der Waals surface area contributed by atoms with Crippen LogP contribution in [0.4, 0.5) is 0 Å². The molecule has 1 N–H and O–H groups in total. The van der Waals surface area contributed by atoms with Gasteiger partial charge in [0.25, 0.3) is 0 Å². The Hall–Kier alpha value is -1.06. The molecule has 1 atom stereocenters. The molecule has 1 amide bonds. The molecule has 0 saturated carbocycles. The predicted octanol–water partition coefficient (Wildman–Crippen LogP) is -0.790. The maximum Gasteiger partial charge on any atom is 0.398 e. The van der Waals surface area contributed by atoms with Gasteiger partial charge in [-0.1, -0.05) is 6.92 Å². The van der Waals surface area contributed by atoms with Gasteiger partial charge in [0, 0.05) is 6.42 Å². The summed E-state index contributed by atoms with van der Waals surface area (Å²) in [4.78, 5) is 20.6. The third kappa shape index (κ3) is 1.01. The molecule has 0 aromatic heterocycles. The van der Waals surface area contributed by atoms with Crippen LogP contribution in [0.25, 0.3) is 0 Å². The Morgan fingerprint density at radius 1 is 1.67 bits per heavy atom. The number of amides is 1. The predicted molar refractivity (Wildman–Crippen MR) is 28.0 cm³/mol. The van der Waals surface area contributed by atoms with E-state index in [1.165, 1.54) is 0 Å². The third-order valence-corrected chi connectivity index (χ3v) is 0.996. The summed E-state index contributed by atoms with van der Waals surface area (Å²) in [5, 5.41) is 2.29. The molecule has 4 heteroatoms. The van der Waals surface area contributed by atoms with Crippen LogP contribution < -0.4 is 5.32 Å². The molecule has 0 aliphatic carbocycles. The highest BCUT2D eigenvalue weighted by Crippen LogP contribution is 2.00. The lowest BCUT2D eigenvalue weighted by Crippen LogP contribution is -2.26. The van der Waals surface area contributed by atoms with Gasteiger partial charge in [0.15, 0.2) is 6.23 Å². The minimum Gasteiger partial charge on any atom is -0.434 e. The Morgan fingerprint density at radius 3 is 2.56 bits per heavy atom. The molecular weight excluding hydrogens is 122 g/mol. The monoisotopic (exact) mass is 128 g/mol. The molecule has 1 unspecified atom stereocenters. The van der Waals surface area contributed by atoms with Crippen molar-refractivity contribution in [3.8, 4) is 0 Å². The number of hydrogen-bond acceptors (Lipinski definition) is 3.